The van der Waals surface area contributed by atoms with Crippen molar-refractivity contribution in [2.75, 3.05) is 18.5 Å². The lowest BCUT2D eigenvalue weighted by atomic mass is 10.1. The normalized spacial score (nSPS) is 10.6. The van der Waals surface area contributed by atoms with Crippen LogP contribution in [0.1, 0.15) is 53.1 Å². The molecule has 1 aromatic heterocycles. The number of nitriles is 1. The lowest BCUT2D eigenvalue weighted by molar-refractivity contribution is -0.111. The van der Waals surface area contributed by atoms with E-state index in [9.17, 15) is 14.9 Å². The van der Waals surface area contributed by atoms with Crippen molar-refractivity contribution < 1.29 is 19.1 Å². The Kier molecular flexibility index (Phi) is 8.44. The number of nitrogens with zero attached hydrogens (tertiary/aromatic N) is 1. The minimum absolute atomic E-state index is 0.238. The van der Waals surface area contributed by atoms with E-state index in [1.54, 1.807) is 19.9 Å². The Morgan fingerprint density at radius 2 is 2.03 bits per heavy atom. The zero-order chi connectivity index (χ0) is 21.2. The van der Waals surface area contributed by atoms with E-state index in [2.05, 4.69) is 12.2 Å². The quantitative estimate of drug-likeness (QED) is 0.358. The van der Waals surface area contributed by atoms with Crippen LogP contribution in [-0.4, -0.2) is 25.1 Å². The van der Waals surface area contributed by atoms with Gasteiger partial charge in [-0.25, -0.2) is 4.79 Å². The minimum atomic E-state index is -0.499. The van der Waals surface area contributed by atoms with Crippen molar-refractivity contribution >= 4 is 34.3 Å². The molecule has 1 heterocycles. The second-order valence-electron chi connectivity index (χ2n) is 6.16. The van der Waals surface area contributed by atoms with Gasteiger partial charge in [0.25, 0.3) is 0 Å². The molecule has 0 saturated heterocycles. The third-order valence-electron chi connectivity index (χ3n) is 4.04. The van der Waals surface area contributed by atoms with Crippen LogP contribution in [0.2, 0.25) is 0 Å². The third kappa shape index (κ3) is 5.93. The lowest BCUT2D eigenvalue weighted by Gasteiger charge is -2.08. The van der Waals surface area contributed by atoms with Gasteiger partial charge < -0.3 is 14.8 Å². The van der Waals surface area contributed by atoms with Gasteiger partial charge in [0.1, 0.15) is 21.7 Å². The molecule has 2 rings (SSSR count). The van der Waals surface area contributed by atoms with Gasteiger partial charge in [-0.1, -0.05) is 31.5 Å². The number of amides is 1. The van der Waals surface area contributed by atoms with Crippen LogP contribution in [0.3, 0.4) is 0 Å². The van der Waals surface area contributed by atoms with Crippen molar-refractivity contribution in [1.82, 2.24) is 0 Å². The molecule has 7 heteroatoms. The monoisotopic (exact) mass is 412 g/mol. The zero-order valence-corrected chi connectivity index (χ0v) is 17.6. The van der Waals surface area contributed by atoms with Crippen LogP contribution < -0.4 is 10.1 Å². The first-order valence-corrected chi connectivity index (χ1v) is 10.2. The number of hydrogen-bond acceptors (Lipinski definition) is 6. The number of para-hydroxylation sites is 1. The van der Waals surface area contributed by atoms with Crippen molar-refractivity contribution in [2.45, 2.75) is 33.6 Å². The molecule has 0 fully saturated rings. The van der Waals surface area contributed by atoms with E-state index in [4.69, 9.17) is 9.47 Å². The van der Waals surface area contributed by atoms with Crippen molar-refractivity contribution in [2.24, 2.45) is 0 Å². The first kappa shape index (κ1) is 22.2. The SMILES string of the molecule is CCCCOc1ccccc1C=CC(=O)Nc1sc(C(=O)OCC)c(C)c1C#N. The molecule has 0 bridgehead atoms. The molecule has 0 aliphatic carbocycles. The number of carbonyl (C=O) groups excluding carboxylic acids is 2. The maximum atomic E-state index is 12.4. The summed E-state index contributed by atoms with van der Waals surface area (Å²) >= 11 is 1.04. The number of benzene rings is 1. The fourth-order valence-electron chi connectivity index (χ4n) is 2.52. The molecule has 0 atom stereocenters. The minimum Gasteiger partial charge on any atom is -0.493 e. The molecule has 1 N–H and O–H groups in total. The van der Waals surface area contributed by atoms with Gasteiger partial charge in [0, 0.05) is 11.6 Å². The highest BCUT2D eigenvalue weighted by atomic mass is 32.1. The van der Waals surface area contributed by atoms with E-state index < -0.39 is 11.9 Å². The molecule has 0 spiro atoms. The van der Waals surface area contributed by atoms with Crippen molar-refractivity contribution in [3.05, 3.63) is 51.9 Å². The number of unbranched alkanes of at least 4 members (excludes halogenated alkanes) is 1. The van der Waals surface area contributed by atoms with Crippen LogP contribution in [0.25, 0.3) is 6.08 Å². The molecular formula is C22H24N2O4S. The highest BCUT2D eigenvalue weighted by Crippen LogP contribution is 2.33. The Balaban J connectivity index is 2.15. The van der Waals surface area contributed by atoms with E-state index in [0.29, 0.717) is 27.8 Å². The number of hydrogen-bond donors (Lipinski definition) is 1. The lowest BCUT2D eigenvalue weighted by Crippen LogP contribution is -2.07. The summed E-state index contributed by atoms with van der Waals surface area (Å²) in [5, 5.41) is 12.4. The van der Waals surface area contributed by atoms with Crippen LogP contribution in [0, 0.1) is 18.3 Å². The van der Waals surface area contributed by atoms with Gasteiger partial charge in [0.05, 0.1) is 18.8 Å². The molecule has 1 aromatic carbocycles. The van der Waals surface area contributed by atoms with Crippen LogP contribution in [0.15, 0.2) is 30.3 Å². The summed E-state index contributed by atoms with van der Waals surface area (Å²) < 4.78 is 10.8. The largest absolute Gasteiger partial charge is 0.493 e. The van der Waals surface area contributed by atoms with E-state index in [-0.39, 0.29) is 12.2 Å². The number of rotatable bonds is 9. The van der Waals surface area contributed by atoms with E-state index >= 15 is 0 Å². The van der Waals surface area contributed by atoms with Gasteiger partial charge >= 0.3 is 5.97 Å². The van der Waals surface area contributed by atoms with Crippen LogP contribution in [0.4, 0.5) is 5.00 Å². The Morgan fingerprint density at radius 1 is 1.28 bits per heavy atom. The van der Waals surface area contributed by atoms with E-state index in [1.807, 2.05) is 30.3 Å². The highest BCUT2D eigenvalue weighted by Gasteiger charge is 2.21. The average molecular weight is 413 g/mol. The number of carbonyl (C=O) groups is 2. The summed E-state index contributed by atoms with van der Waals surface area (Å²) in [7, 11) is 0. The average Bonchev–Trinajstić information content (AvgIpc) is 3.02. The maximum absolute atomic E-state index is 12.4. The molecule has 0 aliphatic heterocycles. The van der Waals surface area contributed by atoms with Crippen LogP contribution >= 0.6 is 11.3 Å². The summed E-state index contributed by atoms with van der Waals surface area (Å²) in [6, 6.07) is 9.51. The molecule has 152 valence electrons. The van der Waals surface area contributed by atoms with Gasteiger partial charge in [-0.15, -0.1) is 11.3 Å². The smallest absolute Gasteiger partial charge is 0.348 e. The van der Waals surface area contributed by atoms with Crippen molar-refractivity contribution in [1.29, 1.82) is 5.26 Å². The third-order valence-corrected chi connectivity index (χ3v) is 5.23. The predicted octanol–water partition coefficient (Wildman–Crippen LogP) is 4.94. The number of anilines is 1. The Hall–Kier alpha value is -3.11. The van der Waals surface area contributed by atoms with E-state index in [0.717, 1.165) is 29.7 Å². The molecular weight excluding hydrogens is 388 g/mol. The number of thiophene rings is 1. The molecule has 6 nitrogen and oxygen atoms in total. The Morgan fingerprint density at radius 3 is 2.72 bits per heavy atom. The molecule has 0 saturated carbocycles. The van der Waals surface area contributed by atoms with Gasteiger partial charge in [0.15, 0.2) is 0 Å². The number of esters is 1. The topological polar surface area (TPSA) is 88.4 Å². The summed E-state index contributed by atoms with van der Waals surface area (Å²) in [6.45, 7) is 6.32. The Bertz CT molecular complexity index is 941. The van der Waals surface area contributed by atoms with Crippen molar-refractivity contribution in [3.8, 4) is 11.8 Å². The van der Waals surface area contributed by atoms with Crippen LogP contribution in [0.5, 0.6) is 5.75 Å². The van der Waals surface area contributed by atoms with Crippen LogP contribution in [-0.2, 0) is 9.53 Å². The highest BCUT2D eigenvalue weighted by molar-refractivity contribution is 7.18. The molecule has 29 heavy (non-hydrogen) atoms. The number of nitrogens with one attached hydrogen (secondary N) is 1. The summed E-state index contributed by atoms with van der Waals surface area (Å²) in [5.41, 5.74) is 1.56. The fourth-order valence-corrected chi connectivity index (χ4v) is 3.58. The van der Waals surface area contributed by atoms with Gasteiger partial charge in [-0.2, -0.15) is 5.26 Å². The predicted molar refractivity (Wildman–Crippen MR) is 114 cm³/mol. The molecule has 0 radical (unpaired) electrons. The second-order valence-corrected chi connectivity index (χ2v) is 7.18. The number of ether oxygens (including phenoxy) is 2. The first-order valence-electron chi connectivity index (χ1n) is 9.43. The van der Waals surface area contributed by atoms with Crippen molar-refractivity contribution in [3.63, 3.8) is 0 Å². The zero-order valence-electron chi connectivity index (χ0n) is 16.8. The molecule has 2 aromatic rings. The summed E-state index contributed by atoms with van der Waals surface area (Å²) in [4.78, 5) is 24.7. The standard InChI is InChI=1S/C22H24N2O4S/c1-4-6-13-28-18-10-8-7-9-16(18)11-12-19(25)24-21-17(14-23)15(3)20(29-21)22(26)27-5-2/h7-12H,4-6,13H2,1-3H3,(H,24,25). The summed E-state index contributed by atoms with van der Waals surface area (Å²) in [6.07, 6.45) is 5.03. The van der Waals surface area contributed by atoms with Gasteiger partial charge in [0.2, 0.25) is 5.91 Å². The summed E-state index contributed by atoms with van der Waals surface area (Å²) in [5.74, 6) is -0.193. The maximum Gasteiger partial charge on any atom is 0.348 e. The first-order chi connectivity index (χ1) is 14.0. The fraction of sp³-hybridized carbons (Fsp3) is 0.318. The molecule has 1 amide bonds. The molecule has 0 aliphatic rings. The molecule has 0 unspecified atom stereocenters. The van der Waals surface area contributed by atoms with E-state index in [1.165, 1.54) is 6.08 Å². The second kappa shape index (κ2) is 11.0. The van der Waals surface area contributed by atoms with Gasteiger partial charge in [-0.3, -0.25) is 4.79 Å². The Labute approximate surface area is 174 Å². The van der Waals surface area contributed by atoms with Gasteiger partial charge in [-0.05, 0) is 38.0 Å².